The van der Waals surface area contributed by atoms with Crippen molar-refractivity contribution >= 4 is 11.8 Å². The van der Waals surface area contributed by atoms with Gasteiger partial charge in [0.2, 0.25) is 11.8 Å². The number of hydrogen-bond acceptors (Lipinski definition) is 3. The Hall–Kier alpha value is -1.10. The van der Waals surface area contributed by atoms with E-state index in [0.717, 1.165) is 32.1 Å². The highest BCUT2D eigenvalue weighted by atomic mass is 16.3. The number of amides is 2. The molecule has 1 aliphatic carbocycles. The molecule has 0 saturated heterocycles. The van der Waals surface area contributed by atoms with Crippen LogP contribution in [-0.4, -0.2) is 35.6 Å². The highest BCUT2D eigenvalue weighted by Gasteiger charge is 2.16. The second kappa shape index (κ2) is 11.5. The maximum absolute atomic E-state index is 11.9. The molecule has 1 fully saturated rings. The number of unbranched alkanes of at least 4 members (excludes halogenated alkanes) is 1. The molecular weight excluding hydrogens is 280 g/mol. The molecule has 1 saturated carbocycles. The lowest BCUT2D eigenvalue weighted by molar-refractivity contribution is -0.127. The molecule has 22 heavy (non-hydrogen) atoms. The molecule has 5 nitrogen and oxygen atoms in total. The van der Waals surface area contributed by atoms with Gasteiger partial charge in [0.25, 0.3) is 0 Å². The van der Waals surface area contributed by atoms with Gasteiger partial charge in [-0.3, -0.25) is 9.59 Å². The molecule has 0 aromatic heterocycles. The van der Waals surface area contributed by atoms with Crippen molar-refractivity contribution in [3.8, 4) is 0 Å². The van der Waals surface area contributed by atoms with Gasteiger partial charge in [-0.25, -0.2) is 0 Å². The molecule has 0 aromatic rings. The van der Waals surface area contributed by atoms with E-state index in [1.165, 1.54) is 25.7 Å². The fourth-order valence-corrected chi connectivity index (χ4v) is 2.91. The Balaban J connectivity index is 2.20. The van der Waals surface area contributed by atoms with Crippen LogP contribution in [0.2, 0.25) is 0 Å². The van der Waals surface area contributed by atoms with Crippen LogP contribution in [0.4, 0.5) is 0 Å². The summed E-state index contributed by atoms with van der Waals surface area (Å²) in [6, 6.07) is 0.102. The van der Waals surface area contributed by atoms with E-state index in [9.17, 15) is 14.7 Å². The largest absolute Gasteiger partial charge is 0.394 e. The van der Waals surface area contributed by atoms with Crippen molar-refractivity contribution in [3.63, 3.8) is 0 Å². The number of nitrogens with one attached hydrogen (secondary N) is 2. The number of aliphatic hydroxyl groups excluding tert-OH is 1. The zero-order chi connectivity index (χ0) is 16.2. The smallest absolute Gasteiger partial charge is 0.220 e. The average molecular weight is 312 g/mol. The molecule has 0 unspecified atom stereocenters. The normalized spacial score (nSPS) is 17.5. The second-order valence-electron chi connectivity index (χ2n) is 6.35. The van der Waals surface area contributed by atoms with Gasteiger partial charge in [-0.2, -0.15) is 0 Å². The standard InChI is InChI=1S/C17H32N2O3/c1-2-3-8-15(13-20)19-17(22)12-11-16(21)18-14-9-6-4-5-7-10-14/h14-15,20H,2-13H2,1H3,(H,18,21)(H,19,22)/t15-/m1/s1. The van der Waals surface area contributed by atoms with Gasteiger partial charge in [-0.05, 0) is 19.3 Å². The molecule has 1 atom stereocenters. The van der Waals surface area contributed by atoms with Gasteiger partial charge in [-0.15, -0.1) is 0 Å². The van der Waals surface area contributed by atoms with Crippen LogP contribution in [-0.2, 0) is 9.59 Å². The summed E-state index contributed by atoms with van der Waals surface area (Å²) in [5, 5.41) is 15.1. The lowest BCUT2D eigenvalue weighted by atomic mass is 10.1. The summed E-state index contributed by atoms with van der Waals surface area (Å²) < 4.78 is 0. The molecule has 0 aliphatic heterocycles. The van der Waals surface area contributed by atoms with Gasteiger partial charge < -0.3 is 15.7 Å². The van der Waals surface area contributed by atoms with Gasteiger partial charge in [0.1, 0.15) is 0 Å². The Bertz CT molecular complexity index is 326. The van der Waals surface area contributed by atoms with Crippen molar-refractivity contribution in [1.29, 1.82) is 0 Å². The van der Waals surface area contributed by atoms with Crippen LogP contribution < -0.4 is 10.6 Å². The first-order valence-electron chi connectivity index (χ1n) is 8.85. The van der Waals surface area contributed by atoms with Crippen molar-refractivity contribution < 1.29 is 14.7 Å². The van der Waals surface area contributed by atoms with Crippen LogP contribution >= 0.6 is 0 Å². The summed E-state index contributed by atoms with van der Waals surface area (Å²) >= 11 is 0. The molecule has 2 amide bonds. The van der Waals surface area contributed by atoms with Crippen LogP contribution in [0, 0.1) is 0 Å². The van der Waals surface area contributed by atoms with Crippen LogP contribution in [0.5, 0.6) is 0 Å². The molecule has 5 heteroatoms. The van der Waals surface area contributed by atoms with E-state index in [1.807, 2.05) is 0 Å². The molecule has 0 aromatic carbocycles. The van der Waals surface area contributed by atoms with Crippen LogP contribution in [0.15, 0.2) is 0 Å². The van der Waals surface area contributed by atoms with E-state index >= 15 is 0 Å². The van der Waals surface area contributed by atoms with Crippen molar-refractivity contribution in [2.45, 2.75) is 89.6 Å². The first-order valence-corrected chi connectivity index (χ1v) is 8.85. The second-order valence-corrected chi connectivity index (χ2v) is 6.35. The minimum Gasteiger partial charge on any atom is -0.394 e. The SMILES string of the molecule is CCCC[C@H](CO)NC(=O)CCC(=O)NC1CCCCCC1. The monoisotopic (exact) mass is 312 g/mol. The summed E-state index contributed by atoms with van der Waals surface area (Å²) in [5.41, 5.74) is 0. The van der Waals surface area contributed by atoms with Crippen molar-refractivity contribution in [2.75, 3.05) is 6.61 Å². The number of carbonyl (C=O) groups is 2. The van der Waals surface area contributed by atoms with Crippen molar-refractivity contribution in [1.82, 2.24) is 10.6 Å². The first kappa shape index (κ1) is 18.9. The molecule has 0 spiro atoms. The quantitative estimate of drug-likeness (QED) is 0.572. The van der Waals surface area contributed by atoms with Crippen LogP contribution in [0.3, 0.4) is 0 Å². The number of rotatable bonds is 9. The van der Waals surface area contributed by atoms with Gasteiger partial charge >= 0.3 is 0 Å². The van der Waals surface area contributed by atoms with E-state index in [1.54, 1.807) is 0 Å². The Morgan fingerprint density at radius 2 is 1.73 bits per heavy atom. The molecule has 1 rings (SSSR count). The topological polar surface area (TPSA) is 78.4 Å². The molecular formula is C17H32N2O3. The fraction of sp³-hybridized carbons (Fsp3) is 0.882. The molecule has 0 radical (unpaired) electrons. The number of aliphatic hydroxyl groups is 1. The minimum absolute atomic E-state index is 0.0313. The van der Waals surface area contributed by atoms with E-state index < -0.39 is 0 Å². The zero-order valence-corrected chi connectivity index (χ0v) is 13.9. The van der Waals surface area contributed by atoms with E-state index in [-0.39, 0.29) is 43.3 Å². The predicted octanol–water partition coefficient (Wildman–Crippen LogP) is 2.27. The summed E-state index contributed by atoms with van der Waals surface area (Å²) in [4.78, 5) is 23.7. The molecule has 0 bridgehead atoms. The van der Waals surface area contributed by atoms with Crippen molar-refractivity contribution in [2.24, 2.45) is 0 Å². The van der Waals surface area contributed by atoms with E-state index in [4.69, 9.17) is 0 Å². The van der Waals surface area contributed by atoms with Gasteiger partial charge in [0.15, 0.2) is 0 Å². The highest BCUT2D eigenvalue weighted by molar-refractivity contribution is 5.83. The van der Waals surface area contributed by atoms with E-state index in [2.05, 4.69) is 17.6 Å². The number of carbonyl (C=O) groups excluding carboxylic acids is 2. The third-order valence-corrected chi connectivity index (χ3v) is 4.29. The third kappa shape index (κ3) is 8.37. The summed E-state index contributed by atoms with van der Waals surface area (Å²) in [5.74, 6) is -0.178. The van der Waals surface area contributed by atoms with Gasteiger partial charge in [0.05, 0.1) is 12.6 Å². The Labute approximate surface area is 134 Å². The maximum Gasteiger partial charge on any atom is 0.220 e. The molecule has 128 valence electrons. The lowest BCUT2D eigenvalue weighted by Gasteiger charge is -2.17. The third-order valence-electron chi connectivity index (χ3n) is 4.29. The summed E-state index contributed by atoms with van der Waals surface area (Å²) in [6.45, 7) is 2.04. The van der Waals surface area contributed by atoms with Gasteiger partial charge in [-0.1, -0.05) is 45.4 Å². The Morgan fingerprint density at radius 3 is 2.32 bits per heavy atom. The number of hydrogen-bond donors (Lipinski definition) is 3. The van der Waals surface area contributed by atoms with Crippen LogP contribution in [0.1, 0.15) is 77.6 Å². The van der Waals surface area contributed by atoms with Crippen molar-refractivity contribution in [3.05, 3.63) is 0 Å². The maximum atomic E-state index is 11.9. The minimum atomic E-state index is -0.183. The average Bonchev–Trinajstić information content (AvgIpc) is 2.78. The Kier molecular flexibility index (Phi) is 9.87. The fourth-order valence-electron chi connectivity index (χ4n) is 2.91. The predicted molar refractivity (Wildman–Crippen MR) is 87.4 cm³/mol. The molecule has 0 heterocycles. The first-order chi connectivity index (χ1) is 10.7. The van der Waals surface area contributed by atoms with E-state index in [0.29, 0.717) is 0 Å². The summed E-state index contributed by atoms with van der Waals surface area (Å²) in [7, 11) is 0. The van der Waals surface area contributed by atoms with Gasteiger partial charge in [0, 0.05) is 18.9 Å². The van der Waals surface area contributed by atoms with Crippen LogP contribution in [0.25, 0.3) is 0 Å². The Morgan fingerprint density at radius 1 is 1.09 bits per heavy atom. The summed E-state index contributed by atoms with van der Waals surface area (Å²) in [6.07, 6.45) is 10.2. The lowest BCUT2D eigenvalue weighted by Crippen LogP contribution is -2.39. The highest BCUT2D eigenvalue weighted by Crippen LogP contribution is 2.17. The molecule has 1 aliphatic rings. The molecule has 3 N–H and O–H groups in total. The zero-order valence-electron chi connectivity index (χ0n) is 13.9.